The van der Waals surface area contributed by atoms with E-state index in [0.717, 1.165) is 16.9 Å². The van der Waals surface area contributed by atoms with Gasteiger partial charge in [-0.25, -0.2) is 9.86 Å². The first-order valence-electron chi connectivity index (χ1n) is 11.6. The van der Waals surface area contributed by atoms with Gasteiger partial charge in [0.25, 0.3) is 0 Å². The number of nitrogens with zero attached hydrogens (tertiary/aromatic N) is 1. The molecule has 2 aromatic carbocycles. The smallest absolute Gasteiger partial charge is 0.362 e. The van der Waals surface area contributed by atoms with Gasteiger partial charge in [0.1, 0.15) is 24.9 Å². The van der Waals surface area contributed by atoms with Crippen LogP contribution in [-0.2, 0) is 27.4 Å². The molecule has 0 bridgehead atoms. The van der Waals surface area contributed by atoms with Crippen molar-refractivity contribution in [3.05, 3.63) is 65.7 Å². The van der Waals surface area contributed by atoms with Gasteiger partial charge in [0.05, 0.1) is 13.0 Å². The first kappa shape index (κ1) is 34.1. The van der Waals surface area contributed by atoms with Gasteiger partial charge >= 0.3 is 11.9 Å². The number of carboxylic acids is 2. The van der Waals surface area contributed by atoms with Crippen molar-refractivity contribution in [1.82, 2.24) is 5.06 Å². The van der Waals surface area contributed by atoms with Gasteiger partial charge in [-0.15, -0.1) is 0 Å². The Morgan fingerprint density at radius 3 is 2.19 bits per heavy atom. The molecule has 0 aliphatic carbocycles. The number of amides is 1. The molecule has 0 fully saturated rings. The van der Waals surface area contributed by atoms with Crippen LogP contribution in [0.15, 0.2) is 54.6 Å². The third kappa shape index (κ3) is 13.8. The van der Waals surface area contributed by atoms with E-state index in [1.807, 2.05) is 54.6 Å². The SMILES string of the molecule is [Cl-].[Cl-].[NH3+][C@@H](Cc1ccc(OCc2ccccc2)cc1)CN(O)C(=O)CCC[NH2+][C@@H](CCC(=O)O)C(=O)O. The molecule has 206 valence electrons. The first-order chi connectivity index (χ1) is 16.7. The lowest BCUT2D eigenvalue weighted by Gasteiger charge is -2.18. The fraction of sp³-hybridized carbons (Fsp3) is 0.400. The lowest BCUT2D eigenvalue weighted by atomic mass is 10.1. The van der Waals surface area contributed by atoms with Crippen LogP contribution in [0, 0.1) is 0 Å². The molecular formula is C25H35Cl2N3O7. The van der Waals surface area contributed by atoms with Crippen LogP contribution in [0.3, 0.4) is 0 Å². The minimum absolute atomic E-state index is 0. The van der Waals surface area contributed by atoms with E-state index in [2.05, 4.69) is 5.73 Å². The fourth-order valence-corrected chi connectivity index (χ4v) is 3.53. The van der Waals surface area contributed by atoms with Crippen molar-refractivity contribution < 1.29 is 70.4 Å². The number of carboxylic acid groups (broad SMARTS) is 2. The third-order valence-corrected chi connectivity index (χ3v) is 5.45. The first-order valence-corrected chi connectivity index (χ1v) is 11.6. The van der Waals surface area contributed by atoms with Gasteiger partial charge in [0.2, 0.25) is 5.91 Å². The van der Waals surface area contributed by atoms with Crippen LogP contribution in [0.5, 0.6) is 5.75 Å². The van der Waals surface area contributed by atoms with Crippen LogP contribution in [0.2, 0.25) is 0 Å². The van der Waals surface area contributed by atoms with E-state index in [4.69, 9.17) is 14.9 Å². The maximum Gasteiger partial charge on any atom is 0.362 e. The summed E-state index contributed by atoms with van der Waals surface area (Å²) < 4.78 is 5.78. The van der Waals surface area contributed by atoms with E-state index in [9.17, 15) is 19.6 Å². The third-order valence-electron chi connectivity index (χ3n) is 5.45. The molecule has 2 rings (SSSR count). The molecule has 0 saturated heterocycles. The Bertz CT molecular complexity index is 949. The summed E-state index contributed by atoms with van der Waals surface area (Å²) in [5.74, 6) is -1.85. The average Bonchev–Trinajstić information content (AvgIpc) is 2.83. The van der Waals surface area contributed by atoms with Gasteiger partial charge in [0.15, 0.2) is 6.04 Å². The zero-order valence-corrected chi connectivity index (χ0v) is 22.0. The molecule has 0 heterocycles. The summed E-state index contributed by atoms with van der Waals surface area (Å²) in [6.45, 7) is 0.893. The van der Waals surface area contributed by atoms with Crippen molar-refractivity contribution in [1.29, 1.82) is 0 Å². The highest BCUT2D eigenvalue weighted by Gasteiger charge is 2.22. The number of carbonyl (C=O) groups excluding carboxylic acids is 1. The molecular weight excluding hydrogens is 525 g/mol. The fourth-order valence-electron chi connectivity index (χ4n) is 3.53. The largest absolute Gasteiger partial charge is 1.00 e. The quantitative estimate of drug-likeness (QED) is 0.0775. The highest BCUT2D eigenvalue weighted by atomic mass is 35.5. The Morgan fingerprint density at radius 1 is 0.946 bits per heavy atom. The summed E-state index contributed by atoms with van der Waals surface area (Å²) in [4.78, 5) is 34.0. The number of aliphatic carboxylic acids is 2. The molecule has 8 N–H and O–H groups in total. The van der Waals surface area contributed by atoms with Gasteiger partial charge in [-0.1, -0.05) is 42.5 Å². The van der Waals surface area contributed by atoms with E-state index in [0.29, 0.717) is 31.1 Å². The number of quaternary nitrogens is 2. The van der Waals surface area contributed by atoms with Crippen LogP contribution in [0.1, 0.15) is 36.8 Å². The van der Waals surface area contributed by atoms with E-state index in [1.165, 1.54) is 5.32 Å². The number of hydrogen-bond acceptors (Lipinski definition) is 5. The normalized spacial score (nSPS) is 11.8. The minimum Gasteiger partial charge on any atom is -1.00 e. The molecule has 0 aromatic heterocycles. The maximum atomic E-state index is 12.2. The zero-order valence-electron chi connectivity index (χ0n) is 20.5. The van der Waals surface area contributed by atoms with Gasteiger partial charge in [-0.05, 0) is 23.3 Å². The van der Waals surface area contributed by atoms with Crippen LogP contribution >= 0.6 is 0 Å². The number of hydroxylamine groups is 2. The number of carbonyl (C=O) groups is 3. The number of halogens is 2. The van der Waals surface area contributed by atoms with Gasteiger partial charge in [-0.3, -0.25) is 14.8 Å². The van der Waals surface area contributed by atoms with E-state index < -0.39 is 23.9 Å². The lowest BCUT2D eigenvalue weighted by Crippen LogP contribution is -3.00. The van der Waals surface area contributed by atoms with E-state index in [-0.39, 0.29) is 56.7 Å². The van der Waals surface area contributed by atoms with Crippen molar-refractivity contribution in [2.45, 2.75) is 50.8 Å². The van der Waals surface area contributed by atoms with Crippen molar-refractivity contribution in [3.63, 3.8) is 0 Å². The van der Waals surface area contributed by atoms with Crippen LogP contribution in [-0.4, -0.2) is 63.5 Å². The summed E-state index contributed by atoms with van der Waals surface area (Å²) in [5, 5.41) is 30.1. The van der Waals surface area contributed by atoms with Crippen molar-refractivity contribution >= 4 is 17.8 Å². The van der Waals surface area contributed by atoms with Gasteiger partial charge in [0, 0.05) is 25.7 Å². The zero-order chi connectivity index (χ0) is 25.6. The molecule has 0 spiro atoms. The molecule has 0 unspecified atom stereocenters. The summed E-state index contributed by atoms with van der Waals surface area (Å²) >= 11 is 0. The molecule has 1 amide bonds. The Balaban J connectivity index is 0.00000648. The molecule has 0 radical (unpaired) electrons. The molecule has 0 aliphatic rings. The van der Waals surface area contributed by atoms with Crippen molar-refractivity contribution in [2.24, 2.45) is 0 Å². The van der Waals surface area contributed by atoms with Crippen LogP contribution in [0.25, 0.3) is 0 Å². The monoisotopic (exact) mass is 559 g/mol. The summed E-state index contributed by atoms with van der Waals surface area (Å²) in [5.41, 5.74) is 6.11. The second-order valence-electron chi connectivity index (χ2n) is 8.47. The highest BCUT2D eigenvalue weighted by molar-refractivity contribution is 5.75. The van der Waals surface area contributed by atoms with Gasteiger partial charge < -0.3 is 50.8 Å². The molecule has 12 heteroatoms. The number of hydrogen-bond donors (Lipinski definition) is 5. The molecule has 0 aliphatic heterocycles. The summed E-state index contributed by atoms with van der Waals surface area (Å²) in [6, 6.07) is 16.4. The lowest BCUT2D eigenvalue weighted by molar-refractivity contribution is -0.678. The number of ether oxygens (including phenoxy) is 1. The molecule has 2 aromatic rings. The van der Waals surface area contributed by atoms with Crippen molar-refractivity contribution in [2.75, 3.05) is 13.1 Å². The van der Waals surface area contributed by atoms with Crippen LogP contribution in [0.4, 0.5) is 0 Å². The second kappa shape index (κ2) is 18.4. The number of benzene rings is 2. The molecule has 0 saturated carbocycles. The van der Waals surface area contributed by atoms with Crippen molar-refractivity contribution in [3.8, 4) is 5.75 Å². The predicted octanol–water partition coefficient (Wildman–Crippen LogP) is -5.69. The molecule has 2 atom stereocenters. The van der Waals surface area contributed by atoms with E-state index in [1.54, 1.807) is 0 Å². The summed E-state index contributed by atoms with van der Waals surface area (Å²) in [6.07, 6.45) is 0.761. The number of nitrogens with two attached hydrogens (primary N) is 1. The Labute approximate surface area is 228 Å². The minimum atomic E-state index is -1.09. The van der Waals surface area contributed by atoms with Gasteiger partial charge in [-0.2, -0.15) is 0 Å². The Hall–Kier alpha value is -2.89. The van der Waals surface area contributed by atoms with Crippen LogP contribution < -0.4 is 40.6 Å². The predicted molar refractivity (Wildman–Crippen MR) is 125 cm³/mol. The molecule has 37 heavy (non-hydrogen) atoms. The number of rotatable bonds is 16. The summed E-state index contributed by atoms with van der Waals surface area (Å²) in [7, 11) is 0. The highest BCUT2D eigenvalue weighted by Crippen LogP contribution is 2.15. The second-order valence-corrected chi connectivity index (χ2v) is 8.47. The van der Waals surface area contributed by atoms with E-state index >= 15 is 0 Å². The standard InChI is InChI=1S/C25H33N3O7.2ClH/c26-20(15-18-8-10-21(11-9-18)35-17-19-5-2-1-3-6-19)16-28(34)23(29)7-4-14-27-22(25(32)33)12-13-24(30)31;;/h1-3,5-6,8-11,20,22,27,34H,4,7,12-17,26H2,(H,30,31)(H,32,33);2*1H/t20-,22-;;/m0../s1. The average molecular weight is 560 g/mol. The molecule has 10 nitrogen and oxygen atoms in total. The topological polar surface area (TPSA) is 169 Å². The Morgan fingerprint density at radius 2 is 1.59 bits per heavy atom. The Kier molecular flexibility index (Phi) is 16.9. The maximum absolute atomic E-state index is 12.2.